The summed E-state index contributed by atoms with van der Waals surface area (Å²) < 4.78 is 36.9. The summed E-state index contributed by atoms with van der Waals surface area (Å²) >= 11 is 0. The number of amides is 1. The molecular weight excluding hydrogens is 324 g/mol. The van der Waals surface area contributed by atoms with Crippen LogP contribution >= 0.6 is 0 Å². The quantitative estimate of drug-likeness (QED) is 0.459. The highest BCUT2D eigenvalue weighted by molar-refractivity contribution is 7.89. The number of sulfonamides is 1. The van der Waals surface area contributed by atoms with E-state index in [-0.39, 0.29) is 23.6 Å². The van der Waals surface area contributed by atoms with E-state index in [0.29, 0.717) is 5.75 Å². The lowest BCUT2D eigenvalue weighted by molar-refractivity contribution is -0.133. The van der Waals surface area contributed by atoms with Crippen LogP contribution in [0.1, 0.15) is 6.42 Å². The fourth-order valence-corrected chi connectivity index (χ4v) is 3.90. The van der Waals surface area contributed by atoms with Gasteiger partial charge >= 0.3 is 0 Å². The molecule has 0 spiro atoms. The van der Waals surface area contributed by atoms with Gasteiger partial charge in [-0.15, -0.1) is 0 Å². The lowest BCUT2D eigenvalue weighted by atomic mass is 10.1. The van der Waals surface area contributed by atoms with E-state index < -0.39 is 22.0 Å². The predicted molar refractivity (Wildman–Crippen MR) is 80.9 cm³/mol. The smallest absolute Gasteiger partial charge is 0.262 e. The molecule has 0 unspecified atom stereocenters. The number of hydrogen-bond donors (Lipinski definition) is 2. The monoisotopic (exact) mass is 342 g/mol. The van der Waals surface area contributed by atoms with Gasteiger partial charge in [0.25, 0.3) is 5.91 Å². The molecule has 0 fully saturated rings. The lowest BCUT2D eigenvalue weighted by Crippen LogP contribution is -2.50. The van der Waals surface area contributed by atoms with Gasteiger partial charge < -0.3 is 9.47 Å². The molecule has 1 amide bonds. The van der Waals surface area contributed by atoms with Crippen LogP contribution in [-0.2, 0) is 14.8 Å². The predicted octanol–water partition coefficient (Wildman–Crippen LogP) is 0.528. The molecule has 0 bridgehead atoms. The minimum Gasteiger partial charge on any atom is -0.493 e. The molecule has 126 valence electrons. The van der Waals surface area contributed by atoms with Crippen molar-refractivity contribution in [3.63, 3.8) is 0 Å². The Bertz CT molecular complexity index is 716. The summed E-state index contributed by atoms with van der Waals surface area (Å²) in [7, 11) is -1.10. The van der Waals surface area contributed by atoms with Crippen LogP contribution in [0, 0.1) is 0 Å². The Balaban J connectivity index is 2.44. The lowest BCUT2D eigenvalue weighted by Gasteiger charge is -2.30. The van der Waals surface area contributed by atoms with E-state index >= 15 is 0 Å². The highest BCUT2D eigenvalue weighted by atomic mass is 32.2. The summed E-state index contributed by atoms with van der Waals surface area (Å²) in [4.78, 5) is 11.7. The van der Waals surface area contributed by atoms with Gasteiger partial charge in [-0.25, -0.2) is 13.9 Å². The summed E-state index contributed by atoms with van der Waals surface area (Å²) in [6.07, 6.45) is 3.53. The number of hydroxylamine groups is 1. The minimum atomic E-state index is -3.95. The van der Waals surface area contributed by atoms with Crippen LogP contribution in [0.15, 0.2) is 35.2 Å². The summed E-state index contributed by atoms with van der Waals surface area (Å²) in [5, 5.41) is 8.81. The molecule has 1 aromatic rings. The van der Waals surface area contributed by atoms with E-state index in [0.717, 1.165) is 4.31 Å². The van der Waals surface area contributed by atoms with Crippen LogP contribution < -0.4 is 15.0 Å². The SMILES string of the molecule is COc1ccc(S(=O)(=O)N2CC=CC[C@@H]2C(=O)NO)cc1OC. The van der Waals surface area contributed by atoms with Crippen molar-refractivity contribution in [2.45, 2.75) is 17.4 Å². The van der Waals surface area contributed by atoms with Gasteiger partial charge in [-0.1, -0.05) is 12.2 Å². The molecular formula is C14H18N2O6S. The molecule has 2 N–H and O–H groups in total. The first kappa shape index (κ1) is 17.3. The molecule has 1 atom stereocenters. The van der Waals surface area contributed by atoms with Crippen LogP contribution in [-0.4, -0.2) is 50.6 Å². The largest absolute Gasteiger partial charge is 0.493 e. The Morgan fingerprint density at radius 2 is 1.96 bits per heavy atom. The Morgan fingerprint density at radius 1 is 1.26 bits per heavy atom. The molecule has 1 aliphatic heterocycles. The molecule has 0 saturated heterocycles. The van der Waals surface area contributed by atoms with Gasteiger partial charge in [0.05, 0.1) is 19.1 Å². The second-order valence-corrected chi connectivity index (χ2v) is 6.68. The Kier molecular flexibility index (Phi) is 5.24. The van der Waals surface area contributed by atoms with Gasteiger partial charge in [-0.2, -0.15) is 4.31 Å². The zero-order valence-corrected chi connectivity index (χ0v) is 13.5. The van der Waals surface area contributed by atoms with Crippen molar-refractivity contribution >= 4 is 15.9 Å². The van der Waals surface area contributed by atoms with Crippen LogP contribution in [0.25, 0.3) is 0 Å². The minimum absolute atomic E-state index is 0.0267. The third kappa shape index (κ3) is 3.31. The second-order valence-electron chi connectivity index (χ2n) is 4.79. The molecule has 9 heteroatoms. The number of carbonyl (C=O) groups excluding carboxylic acids is 1. The summed E-state index contributed by atoms with van der Waals surface area (Å²) in [5.74, 6) is -0.114. The topological polar surface area (TPSA) is 105 Å². The molecule has 0 aromatic heterocycles. The third-order valence-corrected chi connectivity index (χ3v) is 5.40. The van der Waals surface area contributed by atoms with Crippen molar-refractivity contribution in [1.29, 1.82) is 0 Å². The summed E-state index contributed by atoms with van der Waals surface area (Å²) in [6, 6.07) is 3.18. The van der Waals surface area contributed by atoms with Crippen molar-refractivity contribution in [3.05, 3.63) is 30.4 Å². The van der Waals surface area contributed by atoms with Gasteiger partial charge in [0, 0.05) is 12.6 Å². The second kappa shape index (κ2) is 6.99. The van der Waals surface area contributed by atoms with Crippen LogP contribution in [0.3, 0.4) is 0 Å². The van der Waals surface area contributed by atoms with Gasteiger partial charge in [-0.3, -0.25) is 10.0 Å². The van der Waals surface area contributed by atoms with E-state index in [1.807, 2.05) is 0 Å². The number of nitrogens with one attached hydrogen (secondary N) is 1. The fraction of sp³-hybridized carbons (Fsp3) is 0.357. The number of hydrogen-bond acceptors (Lipinski definition) is 6. The van der Waals surface area contributed by atoms with E-state index in [1.54, 1.807) is 12.2 Å². The molecule has 1 heterocycles. The van der Waals surface area contributed by atoms with Crippen molar-refractivity contribution in [2.24, 2.45) is 0 Å². The number of ether oxygens (including phenoxy) is 2. The molecule has 0 radical (unpaired) electrons. The average Bonchev–Trinajstić information content (AvgIpc) is 2.60. The number of carbonyl (C=O) groups is 1. The van der Waals surface area contributed by atoms with Gasteiger partial charge in [0.15, 0.2) is 11.5 Å². The molecule has 8 nitrogen and oxygen atoms in total. The van der Waals surface area contributed by atoms with E-state index in [9.17, 15) is 13.2 Å². The van der Waals surface area contributed by atoms with E-state index in [2.05, 4.69) is 0 Å². The Morgan fingerprint density at radius 3 is 2.57 bits per heavy atom. The maximum absolute atomic E-state index is 12.8. The maximum Gasteiger partial charge on any atom is 0.262 e. The number of nitrogens with zero attached hydrogens (tertiary/aromatic N) is 1. The number of benzene rings is 1. The molecule has 1 aromatic carbocycles. The first-order chi connectivity index (χ1) is 11.0. The van der Waals surface area contributed by atoms with Gasteiger partial charge in [0.2, 0.25) is 10.0 Å². The highest BCUT2D eigenvalue weighted by Gasteiger charge is 2.36. The molecule has 23 heavy (non-hydrogen) atoms. The third-order valence-electron chi connectivity index (χ3n) is 3.53. The first-order valence-electron chi connectivity index (χ1n) is 6.78. The van der Waals surface area contributed by atoms with Crippen molar-refractivity contribution < 1.29 is 27.9 Å². The van der Waals surface area contributed by atoms with Crippen molar-refractivity contribution in [3.8, 4) is 11.5 Å². The van der Waals surface area contributed by atoms with E-state index in [4.69, 9.17) is 14.7 Å². The van der Waals surface area contributed by atoms with Crippen LogP contribution in [0.2, 0.25) is 0 Å². The van der Waals surface area contributed by atoms with Crippen LogP contribution in [0.5, 0.6) is 11.5 Å². The average molecular weight is 342 g/mol. The maximum atomic E-state index is 12.8. The molecule has 0 saturated carbocycles. The van der Waals surface area contributed by atoms with Crippen molar-refractivity contribution in [2.75, 3.05) is 20.8 Å². The van der Waals surface area contributed by atoms with Gasteiger partial charge in [0.1, 0.15) is 6.04 Å². The summed E-state index contributed by atoms with van der Waals surface area (Å²) in [6.45, 7) is 0.0365. The number of methoxy groups -OCH3 is 2. The molecule has 0 aliphatic carbocycles. The normalized spacial score (nSPS) is 18.5. The van der Waals surface area contributed by atoms with Gasteiger partial charge in [-0.05, 0) is 18.6 Å². The molecule has 2 rings (SSSR count). The fourth-order valence-electron chi connectivity index (χ4n) is 2.34. The Labute approximate surface area is 134 Å². The Hall–Kier alpha value is -2.10. The highest BCUT2D eigenvalue weighted by Crippen LogP contribution is 2.31. The van der Waals surface area contributed by atoms with Crippen LogP contribution in [0.4, 0.5) is 0 Å². The van der Waals surface area contributed by atoms with Crippen molar-refractivity contribution in [1.82, 2.24) is 9.79 Å². The zero-order valence-electron chi connectivity index (χ0n) is 12.7. The van der Waals surface area contributed by atoms with E-state index in [1.165, 1.54) is 37.9 Å². The number of rotatable bonds is 5. The summed E-state index contributed by atoms with van der Waals surface area (Å²) in [5.41, 5.74) is 1.51. The first-order valence-corrected chi connectivity index (χ1v) is 8.22. The zero-order chi connectivity index (χ0) is 17.0. The molecule has 1 aliphatic rings. The standard InChI is InChI=1S/C14H18N2O6S/c1-21-12-7-6-10(9-13(12)22-2)23(19,20)16-8-4-3-5-11(16)14(17)15-18/h3-4,6-7,9,11,18H,5,8H2,1-2H3,(H,15,17)/t11-/m1/s1.